The van der Waals surface area contributed by atoms with Crippen molar-refractivity contribution in [2.75, 3.05) is 25.8 Å². The molecule has 5 aromatic rings. The number of fused-ring (bicyclic) bond motifs is 1. The molecular weight excluding hydrogens is 484 g/mol. The topological polar surface area (TPSA) is 99.9 Å². The largest absolute Gasteiger partial charge is 0.383 e. The molecule has 0 saturated carbocycles. The number of piperidine rings is 1. The SMILES string of the molecule is [2H]C([2H])([2H])N(C#N)C1CCN(Cc2ccc(-n3c(-c4cccnc4N)nc4ccc(-c5ccccc5)nc43)cc2)CC1. The van der Waals surface area contributed by atoms with Crippen LogP contribution in [0.15, 0.2) is 85.1 Å². The van der Waals surface area contributed by atoms with E-state index in [0.717, 1.165) is 63.8 Å². The summed E-state index contributed by atoms with van der Waals surface area (Å²) in [7, 11) is 0. The third-order valence-corrected chi connectivity index (χ3v) is 7.28. The number of nitrogens with two attached hydrogens (primary N) is 1. The molecule has 8 nitrogen and oxygen atoms in total. The molecule has 0 spiro atoms. The van der Waals surface area contributed by atoms with E-state index >= 15 is 0 Å². The molecule has 1 fully saturated rings. The molecule has 6 rings (SSSR count). The van der Waals surface area contributed by atoms with Gasteiger partial charge in [0.2, 0.25) is 0 Å². The van der Waals surface area contributed by atoms with E-state index in [1.807, 2.05) is 65.4 Å². The van der Waals surface area contributed by atoms with Crippen LogP contribution in [0, 0.1) is 11.5 Å². The minimum absolute atomic E-state index is 0.262. The Hall–Kier alpha value is -4.74. The van der Waals surface area contributed by atoms with Gasteiger partial charge in [0.1, 0.15) is 11.3 Å². The number of anilines is 1. The van der Waals surface area contributed by atoms with Crippen molar-refractivity contribution in [2.45, 2.75) is 25.4 Å². The summed E-state index contributed by atoms with van der Waals surface area (Å²) < 4.78 is 24.9. The van der Waals surface area contributed by atoms with Gasteiger partial charge in [-0.05, 0) is 54.8 Å². The number of nitrogens with zero attached hydrogens (tertiary/aromatic N) is 7. The first kappa shape index (κ1) is 21.2. The molecule has 0 atom stereocenters. The molecule has 0 amide bonds. The highest BCUT2D eigenvalue weighted by molar-refractivity contribution is 5.84. The van der Waals surface area contributed by atoms with Crippen molar-refractivity contribution < 1.29 is 4.11 Å². The molecule has 2 N–H and O–H groups in total. The van der Waals surface area contributed by atoms with Gasteiger partial charge in [-0.1, -0.05) is 42.5 Å². The fourth-order valence-corrected chi connectivity index (χ4v) is 5.18. The van der Waals surface area contributed by atoms with Gasteiger partial charge in [-0.25, -0.2) is 15.0 Å². The van der Waals surface area contributed by atoms with Crippen molar-refractivity contribution >= 4 is 17.0 Å². The lowest BCUT2D eigenvalue weighted by atomic mass is 10.0. The third kappa shape index (κ3) is 4.92. The monoisotopic (exact) mass is 517 g/mol. The van der Waals surface area contributed by atoms with Crippen LogP contribution in [0.5, 0.6) is 0 Å². The lowest BCUT2D eigenvalue weighted by molar-refractivity contribution is 0.154. The Morgan fingerprint density at radius 1 is 1.00 bits per heavy atom. The maximum atomic E-state index is 9.35. The first-order valence-electron chi connectivity index (χ1n) is 14.5. The van der Waals surface area contributed by atoms with Gasteiger partial charge in [0.25, 0.3) is 0 Å². The summed E-state index contributed by atoms with van der Waals surface area (Å²) in [6.07, 6.45) is 4.80. The molecule has 4 heterocycles. The minimum atomic E-state index is -2.40. The first-order chi connectivity index (χ1) is 20.3. The highest BCUT2D eigenvalue weighted by Gasteiger charge is 2.22. The van der Waals surface area contributed by atoms with E-state index in [1.165, 1.54) is 0 Å². The smallest absolute Gasteiger partial charge is 0.179 e. The Labute approximate surface area is 232 Å². The van der Waals surface area contributed by atoms with Crippen LogP contribution in [-0.2, 0) is 6.54 Å². The summed E-state index contributed by atoms with van der Waals surface area (Å²) in [6, 6.07) is 25.8. The van der Waals surface area contributed by atoms with E-state index in [-0.39, 0.29) is 6.04 Å². The van der Waals surface area contributed by atoms with Gasteiger partial charge in [0.15, 0.2) is 17.7 Å². The zero-order valence-corrected chi connectivity index (χ0v) is 21.4. The molecule has 0 radical (unpaired) electrons. The predicted molar refractivity (Wildman–Crippen MR) is 154 cm³/mol. The van der Waals surface area contributed by atoms with Crippen LogP contribution in [0.2, 0.25) is 0 Å². The van der Waals surface area contributed by atoms with E-state index in [1.54, 1.807) is 6.20 Å². The minimum Gasteiger partial charge on any atom is -0.383 e. The second kappa shape index (κ2) is 10.6. The Morgan fingerprint density at radius 3 is 2.51 bits per heavy atom. The zero-order valence-electron chi connectivity index (χ0n) is 24.4. The number of hydrogen-bond donors (Lipinski definition) is 1. The van der Waals surface area contributed by atoms with Crippen LogP contribution in [0.3, 0.4) is 0 Å². The summed E-state index contributed by atoms with van der Waals surface area (Å²) in [5.41, 5.74) is 12.4. The van der Waals surface area contributed by atoms with Crippen molar-refractivity contribution in [1.29, 1.82) is 5.26 Å². The normalized spacial score (nSPS) is 15.8. The molecule has 0 unspecified atom stereocenters. The van der Waals surface area contributed by atoms with E-state index in [0.29, 0.717) is 24.5 Å². The highest BCUT2D eigenvalue weighted by Crippen LogP contribution is 2.32. The average Bonchev–Trinajstić information content (AvgIpc) is 3.37. The Balaban J connectivity index is 1.29. The Morgan fingerprint density at radius 2 is 1.79 bits per heavy atom. The number of pyridine rings is 2. The van der Waals surface area contributed by atoms with E-state index in [9.17, 15) is 5.26 Å². The van der Waals surface area contributed by atoms with Gasteiger partial charge in [-0.15, -0.1) is 0 Å². The van der Waals surface area contributed by atoms with Gasteiger partial charge < -0.3 is 10.6 Å². The quantitative estimate of drug-likeness (QED) is 0.247. The number of likely N-dealkylation sites (tertiary alicyclic amines) is 1. The van der Waals surface area contributed by atoms with Crippen molar-refractivity contribution in [3.05, 3.63) is 90.6 Å². The summed E-state index contributed by atoms with van der Waals surface area (Å²) in [6.45, 7) is -0.214. The summed E-state index contributed by atoms with van der Waals surface area (Å²) in [4.78, 5) is 17.5. The number of aromatic nitrogens is 4. The van der Waals surface area contributed by atoms with Crippen LogP contribution in [0.1, 0.15) is 22.5 Å². The zero-order chi connectivity index (χ0) is 29.3. The van der Waals surface area contributed by atoms with Crippen LogP contribution < -0.4 is 5.73 Å². The highest BCUT2D eigenvalue weighted by atomic mass is 15.2. The van der Waals surface area contributed by atoms with Gasteiger partial charge in [-0.3, -0.25) is 9.47 Å². The molecule has 0 bridgehead atoms. The average molecular weight is 518 g/mol. The third-order valence-electron chi connectivity index (χ3n) is 7.28. The first-order valence-corrected chi connectivity index (χ1v) is 13.0. The van der Waals surface area contributed by atoms with Crippen molar-refractivity contribution in [1.82, 2.24) is 29.3 Å². The Kier molecular flexibility index (Phi) is 5.74. The summed E-state index contributed by atoms with van der Waals surface area (Å²) >= 11 is 0. The number of imidazole rings is 1. The number of hydrogen-bond acceptors (Lipinski definition) is 7. The summed E-state index contributed by atoms with van der Waals surface area (Å²) in [5.74, 6) is 1.06. The molecule has 8 heteroatoms. The number of nitrogen functional groups attached to an aromatic ring is 1. The molecule has 39 heavy (non-hydrogen) atoms. The van der Waals surface area contributed by atoms with E-state index < -0.39 is 6.98 Å². The van der Waals surface area contributed by atoms with Gasteiger partial charge in [0, 0.05) is 54.2 Å². The van der Waals surface area contributed by atoms with Crippen molar-refractivity contribution in [3.63, 3.8) is 0 Å². The van der Waals surface area contributed by atoms with Crippen LogP contribution >= 0.6 is 0 Å². The van der Waals surface area contributed by atoms with E-state index in [2.05, 4.69) is 34.1 Å². The van der Waals surface area contributed by atoms with Gasteiger partial charge in [-0.2, -0.15) is 5.26 Å². The van der Waals surface area contributed by atoms with E-state index in [4.69, 9.17) is 19.8 Å². The fourth-order valence-electron chi connectivity index (χ4n) is 5.18. The second-order valence-corrected chi connectivity index (χ2v) is 9.76. The Bertz CT molecular complexity index is 1730. The van der Waals surface area contributed by atoms with Gasteiger partial charge in [0.05, 0.1) is 11.3 Å². The van der Waals surface area contributed by atoms with Gasteiger partial charge >= 0.3 is 0 Å². The maximum absolute atomic E-state index is 9.35. The predicted octanol–water partition coefficient (Wildman–Crippen LogP) is 5.11. The van der Waals surface area contributed by atoms with Crippen LogP contribution in [0.25, 0.3) is 39.5 Å². The number of nitriles is 1. The lowest BCUT2D eigenvalue weighted by Crippen LogP contribution is -2.41. The lowest BCUT2D eigenvalue weighted by Gasteiger charge is -2.34. The van der Waals surface area contributed by atoms with Crippen molar-refractivity contribution in [2.24, 2.45) is 0 Å². The molecule has 1 aliphatic heterocycles. The number of benzene rings is 2. The molecule has 1 aliphatic rings. The number of rotatable bonds is 6. The van der Waals surface area contributed by atoms with Crippen LogP contribution in [-0.4, -0.2) is 55.4 Å². The van der Waals surface area contributed by atoms with Crippen molar-refractivity contribution in [3.8, 4) is 34.5 Å². The molecule has 194 valence electrons. The second-order valence-electron chi connectivity index (χ2n) is 9.76. The molecule has 1 saturated heterocycles. The maximum Gasteiger partial charge on any atom is 0.179 e. The fraction of sp³-hybridized carbons (Fsp3) is 0.226. The summed E-state index contributed by atoms with van der Waals surface area (Å²) in [5, 5.41) is 9.35. The molecular formula is C31H30N8. The molecule has 2 aromatic carbocycles. The molecule has 3 aromatic heterocycles. The molecule has 0 aliphatic carbocycles. The standard InChI is InChI=1S/C31H30N8/c1-37(21-32)24-15-18-38(19-16-24)20-22-9-11-25(12-10-22)39-30(26-8-5-17-34-29(26)33)36-28-14-13-27(35-31(28)39)23-6-3-2-4-7-23/h2-14,17,24H,15-16,18-20H2,1H3,(H2,33,34)/i1D3. The van der Waals surface area contributed by atoms with Crippen LogP contribution in [0.4, 0.5) is 5.82 Å².